The molecule has 0 heterocycles. The summed E-state index contributed by atoms with van der Waals surface area (Å²) in [6.07, 6.45) is 9.00. The van der Waals surface area contributed by atoms with Crippen LogP contribution in [-0.4, -0.2) is 34.5 Å². The van der Waals surface area contributed by atoms with Gasteiger partial charge in [-0.15, -0.1) is 0 Å². The first-order valence-electron chi connectivity index (χ1n) is 15.6. The predicted molar refractivity (Wildman–Crippen MR) is 162 cm³/mol. The number of Topliss-reactive ketones (excluding diaryl/α,β-unsaturated/α-hetero) is 2. The smallest absolute Gasteiger partial charge is 0.178 e. The number of hydrogen-bond donors (Lipinski definition) is 2. The van der Waals surface area contributed by atoms with E-state index < -0.39 is 22.3 Å². The highest BCUT2D eigenvalue weighted by Gasteiger charge is 2.63. The zero-order valence-corrected chi connectivity index (χ0v) is 27.5. The minimum absolute atomic E-state index is 0.0283. The number of rotatable bonds is 13. The molecule has 2 aliphatic rings. The van der Waals surface area contributed by atoms with Gasteiger partial charge >= 0.3 is 0 Å². The Morgan fingerprint density at radius 1 is 1.07 bits per heavy atom. The first kappa shape index (κ1) is 34.7. The number of ketones is 2. The maximum absolute atomic E-state index is 13.2. The van der Waals surface area contributed by atoms with Crippen molar-refractivity contribution >= 4 is 11.6 Å². The van der Waals surface area contributed by atoms with E-state index in [0.717, 1.165) is 51.4 Å². The molecule has 2 N–H and O–H groups in total. The van der Waals surface area contributed by atoms with Crippen LogP contribution in [-0.2, 0) is 9.59 Å². The molecule has 0 saturated heterocycles. The molecular weight excluding hydrogens is 498 g/mol. The second-order valence-corrected chi connectivity index (χ2v) is 16.2. The van der Waals surface area contributed by atoms with Crippen molar-refractivity contribution in [3.63, 3.8) is 0 Å². The summed E-state index contributed by atoms with van der Waals surface area (Å²) in [5.41, 5.74) is -1.56. The van der Waals surface area contributed by atoms with Crippen LogP contribution < -0.4 is 0 Å². The Labute approximate surface area is 245 Å². The van der Waals surface area contributed by atoms with Crippen molar-refractivity contribution in [3.05, 3.63) is 11.6 Å². The lowest BCUT2D eigenvalue weighted by Gasteiger charge is -2.64. The van der Waals surface area contributed by atoms with Gasteiger partial charge in [-0.05, 0) is 90.8 Å². The van der Waals surface area contributed by atoms with Crippen molar-refractivity contribution in [2.24, 2.45) is 44.3 Å². The number of nitriles is 1. The van der Waals surface area contributed by atoms with E-state index >= 15 is 0 Å². The molecule has 228 valence electrons. The molecule has 2 aliphatic carbocycles. The summed E-state index contributed by atoms with van der Waals surface area (Å²) in [7, 11) is 0. The van der Waals surface area contributed by atoms with E-state index in [2.05, 4.69) is 61.5 Å². The van der Waals surface area contributed by atoms with E-state index in [1.165, 1.54) is 0 Å². The number of hydrogen-bond acceptors (Lipinski definition) is 5. The molecule has 0 bridgehead atoms. The van der Waals surface area contributed by atoms with Gasteiger partial charge < -0.3 is 15.0 Å². The Bertz CT molecular complexity index is 1020. The topological polar surface area (TPSA) is 98.4 Å². The van der Waals surface area contributed by atoms with Gasteiger partial charge in [0, 0.05) is 11.8 Å². The summed E-state index contributed by atoms with van der Waals surface area (Å²) >= 11 is 0. The fourth-order valence-corrected chi connectivity index (χ4v) is 8.69. The van der Waals surface area contributed by atoms with Crippen molar-refractivity contribution in [1.82, 2.24) is 0 Å². The van der Waals surface area contributed by atoms with Gasteiger partial charge in [0.05, 0.1) is 18.3 Å². The van der Waals surface area contributed by atoms with E-state index in [-0.39, 0.29) is 51.8 Å². The zero-order valence-electron chi connectivity index (χ0n) is 27.5. The second kappa shape index (κ2) is 12.0. The molecule has 0 aliphatic heterocycles. The van der Waals surface area contributed by atoms with Gasteiger partial charge in [-0.25, -0.2) is 0 Å². The molecule has 0 spiro atoms. The van der Waals surface area contributed by atoms with Crippen LogP contribution in [0.5, 0.6) is 0 Å². The van der Waals surface area contributed by atoms with Gasteiger partial charge in [0.25, 0.3) is 0 Å². The summed E-state index contributed by atoms with van der Waals surface area (Å²) in [4.78, 5) is 26.0. The monoisotopic (exact) mass is 557 g/mol. The van der Waals surface area contributed by atoms with Gasteiger partial charge in [0.15, 0.2) is 5.78 Å². The quantitative estimate of drug-likeness (QED) is 0.240. The van der Waals surface area contributed by atoms with Gasteiger partial charge in [0.1, 0.15) is 11.9 Å². The number of fused-ring (bicyclic) bond motifs is 1. The number of allylic oxidation sites excluding steroid dienone is 2. The normalized spacial score (nSPS) is 31.0. The van der Waals surface area contributed by atoms with Gasteiger partial charge in [0.2, 0.25) is 0 Å². The highest BCUT2D eigenvalue weighted by Crippen LogP contribution is 2.68. The summed E-state index contributed by atoms with van der Waals surface area (Å²) in [6, 6.07) is 2.18. The van der Waals surface area contributed by atoms with E-state index in [1.807, 2.05) is 19.9 Å². The van der Waals surface area contributed by atoms with Crippen LogP contribution in [0.25, 0.3) is 0 Å². The molecule has 6 atom stereocenters. The lowest BCUT2D eigenvalue weighted by Crippen LogP contribution is -2.60. The molecule has 40 heavy (non-hydrogen) atoms. The Morgan fingerprint density at radius 3 is 2.15 bits per heavy atom. The highest BCUT2D eigenvalue weighted by molar-refractivity contribution is 6.04. The third-order valence-corrected chi connectivity index (χ3v) is 12.1. The summed E-state index contributed by atoms with van der Waals surface area (Å²) in [6.45, 7) is 23.3. The van der Waals surface area contributed by atoms with Crippen LogP contribution >= 0.6 is 0 Å². The van der Waals surface area contributed by atoms with Gasteiger partial charge in [-0.3, -0.25) is 4.79 Å². The molecule has 0 aromatic carbocycles. The van der Waals surface area contributed by atoms with E-state index in [9.17, 15) is 25.1 Å². The summed E-state index contributed by atoms with van der Waals surface area (Å²) < 4.78 is 0. The largest absolute Gasteiger partial charge is 0.394 e. The molecule has 0 amide bonds. The Hall–Kier alpha value is -1.51. The van der Waals surface area contributed by atoms with E-state index in [0.29, 0.717) is 6.42 Å². The van der Waals surface area contributed by atoms with E-state index in [1.54, 1.807) is 6.92 Å². The number of carbonyl (C=O) groups is 2. The van der Waals surface area contributed by atoms with Crippen molar-refractivity contribution in [3.8, 4) is 6.07 Å². The zero-order chi connectivity index (χ0) is 30.9. The number of carbonyl (C=O) groups excluding carboxylic acids is 2. The van der Waals surface area contributed by atoms with Crippen LogP contribution in [0.4, 0.5) is 0 Å². The Balaban J connectivity index is 2.50. The van der Waals surface area contributed by atoms with Gasteiger partial charge in [-0.1, -0.05) is 81.7 Å². The maximum atomic E-state index is 13.2. The van der Waals surface area contributed by atoms with Gasteiger partial charge in [-0.2, -0.15) is 5.26 Å². The van der Waals surface area contributed by atoms with Crippen molar-refractivity contribution < 1.29 is 19.8 Å². The first-order valence-corrected chi connectivity index (χ1v) is 15.6. The fraction of sp³-hybridized carbons (Fsp3) is 0.857. The maximum Gasteiger partial charge on any atom is 0.178 e. The Morgan fingerprint density at radius 2 is 1.65 bits per heavy atom. The fourth-order valence-electron chi connectivity index (χ4n) is 8.69. The summed E-state index contributed by atoms with van der Waals surface area (Å²) in [5.74, 6) is 0.0791. The summed E-state index contributed by atoms with van der Waals surface area (Å²) in [5, 5.41) is 30.9. The van der Waals surface area contributed by atoms with Crippen LogP contribution in [0.1, 0.15) is 134 Å². The van der Waals surface area contributed by atoms with Crippen molar-refractivity contribution in [2.45, 2.75) is 140 Å². The molecule has 5 nitrogen and oxygen atoms in total. The number of aliphatic hydroxyl groups excluding tert-OH is 2. The molecule has 1 unspecified atom stereocenters. The van der Waals surface area contributed by atoms with Crippen LogP contribution in [0.3, 0.4) is 0 Å². The lowest BCUT2D eigenvalue weighted by molar-refractivity contribution is -0.156. The lowest BCUT2D eigenvalue weighted by atomic mass is 9.39. The second-order valence-electron chi connectivity index (χ2n) is 16.2. The average molecular weight is 558 g/mol. The van der Waals surface area contributed by atoms with Crippen molar-refractivity contribution in [2.75, 3.05) is 6.61 Å². The van der Waals surface area contributed by atoms with Crippen molar-refractivity contribution in [1.29, 1.82) is 5.26 Å². The highest BCUT2D eigenvalue weighted by atomic mass is 16.3. The molecule has 0 aromatic heterocycles. The SMILES string of the molecule is CCCC(C)(C)CC[C@@](C)(CCC(C)(C)[C@]1(C)CC[C@H]2C(C)(C)C(=O)C(C#N)=C[C@]2(C)[C@H]1CC(C)=O)C(O)CO. The molecule has 1 saturated carbocycles. The van der Waals surface area contributed by atoms with Crippen LogP contribution in [0, 0.1) is 55.7 Å². The molecule has 5 heteroatoms. The standard InChI is InChI=1S/C35H59NO4/c1-12-14-30(3,4)16-18-33(9,28(39)23-37)19-17-31(5,6)35(11)15-13-26-32(7,8)29(40)25(22-36)21-34(26,10)27(35)20-24(2)38/h21,26-28,37,39H,12-20,23H2,1-11H3/t26-,27+,28?,33-,34-,35+/m0/s1. The number of aliphatic hydroxyl groups is 2. The third-order valence-electron chi connectivity index (χ3n) is 12.1. The minimum atomic E-state index is -0.791. The average Bonchev–Trinajstić information content (AvgIpc) is 2.85. The van der Waals surface area contributed by atoms with Crippen LogP contribution in [0.2, 0.25) is 0 Å². The molecule has 0 radical (unpaired) electrons. The molecule has 2 rings (SSSR count). The third kappa shape index (κ3) is 6.44. The molecule has 0 aromatic rings. The van der Waals surface area contributed by atoms with Crippen LogP contribution in [0.15, 0.2) is 11.6 Å². The Kier molecular flexibility index (Phi) is 10.4. The predicted octanol–water partition coefficient (Wildman–Crippen LogP) is 7.84. The van der Waals surface area contributed by atoms with E-state index in [4.69, 9.17) is 0 Å². The first-order chi connectivity index (χ1) is 18.2. The molecule has 1 fully saturated rings. The number of nitrogens with zero attached hydrogens (tertiary/aromatic N) is 1. The molecular formula is C35H59NO4. The minimum Gasteiger partial charge on any atom is -0.394 e.